The van der Waals surface area contributed by atoms with Gasteiger partial charge in [-0.1, -0.05) is 12.1 Å². The molecule has 1 saturated heterocycles. The number of ether oxygens (including phenoxy) is 1. The Morgan fingerprint density at radius 3 is 2.83 bits per heavy atom. The quantitative estimate of drug-likeness (QED) is 0.718. The molecule has 1 aromatic carbocycles. The summed E-state index contributed by atoms with van der Waals surface area (Å²) in [6.07, 6.45) is -0.583. The molecule has 0 bridgehead atoms. The number of hydrogen-bond acceptors (Lipinski definition) is 4. The second-order valence-electron chi connectivity index (χ2n) is 3.90. The van der Waals surface area contributed by atoms with Crippen molar-refractivity contribution in [1.29, 1.82) is 0 Å². The molecule has 1 aromatic rings. The molecule has 2 rings (SSSR count). The van der Waals surface area contributed by atoms with E-state index in [1.807, 2.05) is 0 Å². The lowest BCUT2D eigenvalue weighted by Gasteiger charge is -2.23. The van der Waals surface area contributed by atoms with E-state index in [1.54, 1.807) is 18.2 Å². The van der Waals surface area contributed by atoms with Crippen molar-refractivity contribution in [3.8, 4) is 0 Å². The summed E-state index contributed by atoms with van der Waals surface area (Å²) >= 11 is 0. The van der Waals surface area contributed by atoms with Gasteiger partial charge in [-0.2, -0.15) is 0 Å². The Labute approximate surface area is 104 Å². The Balaban J connectivity index is 2.08. The smallest absolute Gasteiger partial charge is 0.337 e. The molecule has 0 aromatic heterocycles. The van der Waals surface area contributed by atoms with Crippen molar-refractivity contribution in [2.75, 3.05) is 25.0 Å². The fourth-order valence-electron chi connectivity index (χ4n) is 1.73. The molecule has 0 spiro atoms. The highest BCUT2D eigenvalue weighted by molar-refractivity contribution is 6.01. The van der Waals surface area contributed by atoms with Gasteiger partial charge >= 0.3 is 5.97 Å². The number of amides is 1. The highest BCUT2D eigenvalue weighted by Gasteiger charge is 2.23. The van der Waals surface area contributed by atoms with Gasteiger partial charge in [-0.3, -0.25) is 4.79 Å². The normalized spacial score (nSPS) is 19.2. The van der Waals surface area contributed by atoms with E-state index in [0.29, 0.717) is 13.2 Å². The van der Waals surface area contributed by atoms with Gasteiger partial charge in [-0.15, -0.1) is 0 Å². The third kappa shape index (κ3) is 2.85. The molecule has 1 heterocycles. The number of rotatable bonds is 3. The van der Waals surface area contributed by atoms with Crippen LogP contribution in [0.25, 0.3) is 0 Å². The number of carbonyl (C=O) groups excluding carboxylic acids is 1. The van der Waals surface area contributed by atoms with E-state index in [9.17, 15) is 9.59 Å². The Morgan fingerprint density at radius 2 is 2.17 bits per heavy atom. The highest BCUT2D eigenvalue weighted by atomic mass is 16.5. The van der Waals surface area contributed by atoms with Crippen LogP contribution in [0, 0.1) is 0 Å². The van der Waals surface area contributed by atoms with Gasteiger partial charge in [0.25, 0.3) is 5.91 Å². The van der Waals surface area contributed by atoms with Gasteiger partial charge < -0.3 is 20.5 Å². The Hall–Kier alpha value is -1.92. The summed E-state index contributed by atoms with van der Waals surface area (Å²) in [5, 5.41) is 14.6. The van der Waals surface area contributed by atoms with Crippen LogP contribution in [0.4, 0.5) is 5.69 Å². The van der Waals surface area contributed by atoms with Crippen molar-refractivity contribution in [3.63, 3.8) is 0 Å². The van der Waals surface area contributed by atoms with E-state index in [-0.39, 0.29) is 17.2 Å². The van der Waals surface area contributed by atoms with Crippen LogP contribution in [-0.2, 0) is 9.53 Å². The van der Waals surface area contributed by atoms with Crippen LogP contribution in [0.3, 0.4) is 0 Å². The number of morpholine rings is 1. The van der Waals surface area contributed by atoms with Gasteiger partial charge in [-0.05, 0) is 12.1 Å². The average Bonchev–Trinajstić information content (AvgIpc) is 2.40. The molecular weight excluding hydrogens is 236 g/mol. The summed E-state index contributed by atoms with van der Waals surface area (Å²) in [6, 6.07) is 6.27. The summed E-state index contributed by atoms with van der Waals surface area (Å²) < 4.78 is 5.29. The molecule has 1 aliphatic rings. The van der Waals surface area contributed by atoms with E-state index in [0.717, 1.165) is 6.54 Å². The van der Waals surface area contributed by atoms with Crippen LogP contribution in [0.5, 0.6) is 0 Å². The molecule has 1 unspecified atom stereocenters. The molecule has 1 fully saturated rings. The summed E-state index contributed by atoms with van der Waals surface area (Å²) in [4.78, 5) is 22.9. The van der Waals surface area contributed by atoms with Crippen LogP contribution >= 0.6 is 0 Å². The number of para-hydroxylation sites is 1. The van der Waals surface area contributed by atoms with Crippen LogP contribution in [-0.4, -0.2) is 42.8 Å². The number of hydrogen-bond donors (Lipinski definition) is 3. The molecule has 96 valence electrons. The van der Waals surface area contributed by atoms with Gasteiger partial charge in [0.05, 0.1) is 17.9 Å². The standard InChI is InChI=1S/C12H14N2O4/c15-11(10-7-13-5-6-18-10)14-9-4-2-1-3-8(9)12(16)17/h1-4,10,13H,5-7H2,(H,14,15)(H,16,17). The second kappa shape index (κ2) is 5.61. The first-order valence-corrected chi connectivity index (χ1v) is 5.64. The third-order valence-corrected chi connectivity index (χ3v) is 2.64. The lowest BCUT2D eigenvalue weighted by molar-refractivity contribution is -0.128. The van der Waals surface area contributed by atoms with Crippen molar-refractivity contribution in [2.24, 2.45) is 0 Å². The van der Waals surface area contributed by atoms with Crippen LogP contribution in [0.2, 0.25) is 0 Å². The molecule has 1 aliphatic heterocycles. The monoisotopic (exact) mass is 250 g/mol. The fourth-order valence-corrected chi connectivity index (χ4v) is 1.73. The number of carboxylic acid groups (broad SMARTS) is 1. The third-order valence-electron chi connectivity index (χ3n) is 2.64. The zero-order chi connectivity index (χ0) is 13.0. The van der Waals surface area contributed by atoms with Gasteiger partial charge in [0.2, 0.25) is 0 Å². The second-order valence-corrected chi connectivity index (χ2v) is 3.90. The summed E-state index contributed by atoms with van der Waals surface area (Å²) in [7, 11) is 0. The summed E-state index contributed by atoms with van der Waals surface area (Å²) in [6.45, 7) is 1.62. The van der Waals surface area contributed by atoms with Crippen LogP contribution in [0.1, 0.15) is 10.4 Å². The molecule has 0 aliphatic carbocycles. The lowest BCUT2D eigenvalue weighted by atomic mass is 10.1. The molecule has 3 N–H and O–H groups in total. The van der Waals surface area contributed by atoms with E-state index >= 15 is 0 Å². The Kier molecular flexibility index (Phi) is 3.91. The molecule has 6 nitrogen and oxygen atoms in total. The minimum Gasteiger partial charge on any atom is -0.478 e. The van der Waals surface area contributed by atoms with Crippen molar-refractivity contribution in [3.05, 3.63) is 29.8 Å². The summed E-state index contributed by atoms with van der Waals surface area (Å²) in [5.41, 5.74) is 0.346. The Bertz CT molecular complexity index is 455. The first-order chi connectivity index (χ1) is 8.68. The molecule has 1 amide bonds. The first kappa shape index (κ1) is 12.5. The molecule has 18 heavy (non-hydrogen) atoms. The topological polar surface area (TPSA) is 87.7 Å². The number of anilines is 1. The lowest BCUT2D eigenvalue weighted by Crippen LogP contribution is -2.45. The highest BCUT2D eigenvalue weighted by Crippen LogP contribution is 2.15. The molecular formula is C12H14N2O4. The minimum absolute atomic E-state index is 0.0645. The van der Waals surface area contributed by atoms with E-state index in [2.05, 4.69) is 10.6 Å². The molecule has 6 heteroatoms. The predicted octanol–water partition coefficient (Wildman–Crippen LogP) is 0.312. The summed E-state index contributed by atoms with van der Waals surface area (Å²) in [5.74, 6) is -1.41. The van der Waals surface area contributed by atoms with Gasteiger partial charge in [0.15, 0.2) is 0 Å². The zero-order valence-corrected chi connectivity index (χ0v) is 9.68. The van der Waals surface area contributed by atoms with Crippen molar-refractivity contribution in [2.45, 2.75) is 6.10 Å². The first-order valence-electron chi connectivity index (χ1n) is 5.64. The Morgan fingerprint density at radius 1 is 1.39 bits per heavy atom. The van der Waals surface area contributed by atoms with E-state index in [4.69, 9.17) is 9.84 Å². The van der Waals surface area contributed by atoms with Gasteiger partial charge in [0.1, 0.15) is 6.10 Å². The number of carboxylic acids is 1. The van der Waals surface area contributed by atoms with Crippen LogP contribution in [0.15, 0.2) is 24.3 Å². The van der Waals surface area contributed by atoms with Gasteiger partial charge in [-0.25, -0.2) is 4.79 Å². The van der Waals surface area contributed by atoms with Crippen molar-refractivity contribution >= 4 is 17.6 Å². The predicted molar refractivity (Wildman–Crippen MR) is 64.6 cm³/mol. The number of carbonyl (C=O) groups is 2. The van der Waals surface area contributed by atoms with E-state index in [1.165, 1.54) is 6.07 Å². The number of nitrogens with one attached hydrogen (secondary N) is 2. The minimum atomic E-state index is -1.08. The van der Waals surface area contributed by atoms with Gasteiger partial charge in [0, 0.05) is 13.1 Å². The number of aromatic carboxylic acids is 1. The SMILES string of the molecule is O=C(O)c1ccccc1NC(=O)C1CNCCO1. The zero-order valence-electron chi connectivity index (χ0n) is 9.68. The maximum absolute atomic E-state index is 11.9. The van der Waals surface area contributed by atoms with Crippen molar-refractivity contribution in [1.82, 2.24) is 5.32 Å². The molecule has 0 saturated carbocycles. The maximum atomic E-state index is 11.9. The van der Waals surface area contributed by atoms with Crippen LogP contribution < -0.4 is 10.6 Å². The maximum Gasteiger partial charge on any atom is 0.337 e. The fraction of sp³-hybridized carbons (Fsp3) is 0.333. The largest absolute Gasteiger partial charge is 0.478 e. The molecule has 1 atom stereocenters. The number of benzene rings is 1. The van der Waals surface area contributed by atoms with Crippen molar-refractivity contribution < 1.29 is 19.4 Å². The molecule has 0 radical (unpaired) electrons. The average molecular weight is 250 g/mol. The van der Waals surface area contributed by atoms with E-state index < -0.39 is 12.1 Å².